The van der Waals surface area contributed by atoms with Crippen molar-refractivity contribution >= 4 is 33.4 Å². The van der Waals surface area contributed by atoms with Gasteiger partial charge in [-0.15, -0.1) is 0 Å². The highest BCUT2D eigenvalue weighted by atomic mass is 79.9. The Hall–Kier alpha value is -3.06. The van der Waals surface area contributed by atoms with Gasteiger partial charge in [0.25, 0.3) is 11.8 Å². The number of nitrogens with one attached hydrogen (secondary N) is 2. The summed E-state index contributed by atoms with van der Waals surface area (Å²) < 4.78 is 11.7. The average molecular weight is 471 g/mol. The molecule has 0 aliphatic heterocycles. The van der Waals surface area contributed by atoms with Gasteiger partial charge < -0.3 is 19.8 Å². The lowest BCUT2D eigenvalue weighted by Gasteiger charge is -2.12. The van der Waals surface area contributed by atoms with E-state index in [1.54, 1.807) is 54.8 Å². The third-order valence-electron chi connectivity index (χ3n) is 4.35. The van der Waals surface area contributed by atoms with Gasteiger partial charge in [0, 0.05) is 15.7 Å². The summed E-state index contributed by atoms with van der Waals surface area (Å²) in [6, 6.07) is 15.6. The summed E-state index contributed by atoms with van der Waals surface area (Å²) in [5.74, 6) is 0.719. The molecule has 6 nitrogen and oxygen atoms in total. The van der Waals surface area contributed by atoms with Crippen LogP contribution in [0.15, 0.2) is 69.8 Å². The predicted octanol–water partition coefficient (Wildman–Crippen LogP) is 5.40. The van der Waals surface area contributed by atoms with Gasteiger partial charge in [-0.3, -0.25) is 9.59 Å². The van der Waals surface area contributed by atoms with Gasteiger partial charge in [-0.2, -0.15) is 0 Å². The number of benzene rings is 2. The monoisotopic (exact) mass is 470 g/mol. The summed E-state index contributed by atoms with van der Waals surface area (Å²) in [5, 5.41) is 5.63. The Labute approximate surface area is 183 Å². The number of anilines is 1. The van der Waals surface area contributed by atoms with Gasteiger partial charge >= 0.3 is 0 Å². The SMILES string of the molecule is CCCCOc1ccc(Br)cc1C(=O)Nc1ccc(C(=O)NCc2ccco2)cc1. The molecule has 0 fully saturated rings. The number of hydrogen-bond donors (Lipinski definition) is 2. The molecule has 3 rings (SSSR count). The highest BCUT2D eigenvalue weighted by molar-refractivity contribution is 9.10. The molecule has 30 heavy (non-hydrogen) atoms. The van der Waals surface area contributed by atoms with Gasteiger partial charge in [-0.05, 0) is 61.0 Å². The Morgan fingerprint density at radius 3 is 2.57 bits per heavy atom. The molecule has 0 spiro atoms. The van der Waals surface area contributed by atoms with Gasteiger partial charge in [-0.25, -0.2) is 0 Å². The highest BCUT2D eigenvalue weighted by Gasteiger charge is 2.14. The van der Waals surface area contributed by atoms with Crippen LogP contribution in [0, 0.1) is 0 Å². The normalized spacial score (nSPS) is 10.5. The zero-order valence-corrected chi connectivity index (χ0v) is 18.2. The molecule has 0 saturated carbocycles. The van der Waals surface area contributed by atoms with Crippen LogP contribution in [-0.2, 0) is 6.54 Å². The number of furan rings is 1. The largest absolute Gasteiger partial charge is 0.493 e. The highest BCUT2D eigenvalue weighted by Crippen LogP contribution is 2.25. The fourth-order valence-electron chi connectivity index (χ4n) is 2.72. The van der Waals surface area contributed by atoms with Gasteiger partial charge in [0.15, 0.2) is 0 Å². The van der Waals surface area contributed by atoms with E-state index >= 15 is 0 Å². The number of carbonyl (C=O) groups excluding carboxylic acids is 2. The van der Waals surface area contributed by atoms with E-state index in [9.17, 15) is 9.59 Å². The molecule has 2 aromatic carbocycles. The minimum absolute atomic E-state index is 0.220. The quantitative estimate of drug-likeness (QED) is 0.410. The summed E-state index contributed by atoms with van der Waals surface area (Å²) >= 11 is 3.40. The van der Waals surface area contributed by atoms with Crippen molar-refractivity contribution in [3.05, 3.63) is 82.2 Å². The minimum atomic E-state index is -0.280. The van der Waals surface area contributed by atoms with E-state index in [1.807, 2.05) is 6.07 Å². The number of ether oxygens (including phenoxy) is 1. The third-order valence-corrected chi connectivity index (χ3v) is 4.84. The molecule has 3 aromatic rings. The molecule has 1 heterocycles. The molecule has 0 bridgehead atoms. The molecule has 1 aromatic heterocycles. The lowest BCUT2D eigenvalue weighted by atomic mass is 10.1. The fraction of sp³-hybridized carbons (Fsp3) is 0.217. The van der Waals surface area contributed by atoms with Crippen molar-refractivity contribution in [3.63, 3.8) is 0 Å². The maximum atomic E-state index is 12.8. The Kier molecular flexibility index (Phi) is 7.68. The van der Waals surface area contributed by atoms with E-state index in [2.05, 4.69) is 33.5 Å². The molecule has 156 valence electrons. The van der Waals surface area contributed by atoms with Crippen molar-refractivity contribution in [2.45, 2.75) is 26.3 Å². The number of amides is 2. The van der Waals surface area contributed by atoms with Crippen molar-refractivity contribution in [2.75, 3.05) is 11.9 Å². The molecule has 7 heteroatoms. The van der Waals surface area contributed by atoms with Crippen LogP contribution in [-0.4, -0.2) is 18.4 Å². The van der Waals surface area contributed by atoms with Gasteiger partial charge in [0.2, 0.25) is 0 Å². The molecule has 0 aliphatic rings. The summed E-state index contributed by atoms with van der Waals surface area (Å²) in [5.41, 5.74) is 1.52. The molecular weight excluding hydrogens is 448 g/mol. The Morgan fingerprint density at radius 2 is 1.87 bits per heavy atom. The van der Waals surface area contributed by atoms with E-state index in [0.717, 1.165) is 17.3 Å². The second-order valence-corrected chi connectivity index (χ2v) is 7.55. The first-order chi connectivity index (χ1) is 14.6. The third kappa shape index (κ3) is 5.97. The number of halogens is 1. The van der Waals surface area contributed by atoms with Crippen LogP contribution < -0.4 is 15.4 Å². The van der Waals surface area contributed by atoms with Crippen LogP contribution in [0.1, 0.15) is 46.2 Å². The van der Waals surface area contributed by atoms with E-state index in [-0.39, 0.29) is 11.8 Å². The van der Waals surface area contributed by atoms with Crippen LogP contribution in [0.5, 0.6) is 5.75 Å². The van der Waals surface area contributed by atoms with Crippen molar-refractivity contribution in [1.82, 2.24) is 5.32 Å². The van der Waals surface area contributed by atoms with Gasteiger partial charge in [0.1, 0.15) is 11.5 Å². The molecule has 2 N–H and O–H groups in total. The molecular formula is C23H23BrN2O4. The van der Waals surface area contributed by atoms with E-state index in [4.69, 9.17) is 9.15 Å². The van der Waals surface area contributed by atoms with Crippen molar-refractivity contribution in [1.29, 1.82) is 0 Å². The first-order valence-electron chi connectivity index (χ1n) is 9.71. The molecule has 0 saturated heterocycles. The number of hydrogen-bond acceptors (Lipinski definition) is 4. The van der Waals surface area contributed by atoms with Crippen molar-refractivity contribution in [2.24, 2.45) is 0 Å². The number of rotatable bonds is 9. The summed E-state index contributed by atoms with van der Waals surface area (Å²) in [4.78, 5) is 25.0. The van der Waals surface area contributed by atoms with Crippen molar-refractivity contribution < 1.29 is 18.7 Å². The Morgan fingerprint density at radius 1 is 1.07 bits per heavy atom. The second-order valence-electron chi connectivity index (χ2n) is 6.64. The topological polar surface area (TPSA) is 80.6 Å². The van der Waals surface area contributed by atoms with Crippen LogP contribution in [0.2, 0.25) is 0 Å². The van der Waals surface area contributed by atoms with E-state index < -0.39 is 0 Å². The first-order valence-corrected chi connectivity index (χ1v) is 10.5. The summed E-state index contributed by atoms with van der Waals surface area (Å²) in [6.07, 6.45) is 3.49. The number of carbonyl (C=O) groups is 2. The summed E-state index contributed by atoms with van der Waals surface area (Å²) in [6.45, 7) is 2.95. The summed E-state index contributed by atoms with van der Waals surface area (Å²) in [7, 11) is 0. The van der Waals surface area contributed by atoms with Crippen LogP contribution in [0.4, 0.5) is 5.69 Å². The van der Waals surface area contributed by atoms with Crippen LogP contribution >= 0.6 is 15.9 Å². The molecule has 0 unspecified atom stereocenters. The zero-order chi connectivity index (χ0) is 21.3. The Bertz CT molecular complexity index is 985. The fourth-order valence-corrected chi connectivity index (χ4v) is 3.08. The smallest absolute Gasteiger partial charge is 0.259 e. The van der Waals surface area contributed by atoms with E-state index in [1.165, 1.54) is 0 Å². The molecule has 0 atom stereocenters. The van der Waals surface area contributed by atoms with Crippen molar-refractivity contribution in [3.8, 4) is 5.75 Å². The van der Waals surface area contributed by atoms with Gasteiger partial charge in [0.05, 0.1) is 25.0 Å². The zero-order valence-electron chi connectivity index (χ0n) is 16.6. The molecule has 2 amide bonds. The molecule has 0 aliphatic carbocycles. The first kappa shape index (κ1) is 21.6. The second kappa shape index (κ2) is 10.6. The Balaban J connectivity index is 1.63. The standard InChI is InChI=1S/C23H23BrN2O4/c1-2-3-12-30-21-11-8-17(24)14-20(21)23(28)26-18-9-6-16(7-10-18)22(27)25-15-19-5-4-13-29-19/h4-11,13-14H,2-3,12,15H2,1H3,(H,25,27)(H,26,28). The van der Waals surface area contributed by atoms with E-state index in [0.29, 0.717) is 41.5 Å². The van der Waals surface area contributed by atoms with Crippen LogP contribution in [0.3, 0.4) is 0 Å². The average Bonchev–Trinajstić information content (AvgIpc) is 3.27. The van der Waals surface area contributed by atoms with Gasteiger partial charge in [-0.1, -0.05) is 29.3 Å². The maximum Gasteiger partial charge on any atom is 0.259 e. The van der Waals surface area contributed by atoms with Crippen LogP contribution in [0.25, 0.3) is 0 Å². The minimum Gasteiger partial charge on any atom is -0.493 e. The maximum absolute atomic E-state index is 12.8. The lowest BCUT2D eigenvalue weighted by molar-refractivity contribution is 0.0947. The molecule has 0 radical (unpaired) electrons. The number of unbranched alkanes of at least 4 members (excludes halogenated alkanes) is 1. The predicted molar refractivity (Wildman–Crippen MR) is 119 cm³/mol. The lowest BCUT2D eigenvalue weighted by Crippen LogP contribution is -2.22.